The average Bonchev–Trinajstić information content (AvgIpc) is 2.16. The van der Waals surface area contributed by atoms with Gasteiger partial charge in [0.2, 0.25) is 0 Å². The monoisotopic (exact) mass is 242 g/mol. The lowest BCUT2D eigenvalue weighted by atomic mass is 10.1. The topological polar surface area (TPSA) is 82.2 Å². The third-order valence-corrected chi connectivity index (χ3v) is 1.88. The minimum Gasteiger partial charge on any atom is -0.377 e. The van der Waals surface area contributed by atoms with E-state index in [1.165, 1.54) is 0 Å². The molecule has 1 aromatic rings. The molecule has 0 bridgehead atoms. The fraction of sp³-hybridized carbons (Fsp3) is 0.200. The SMILES string of the molecule is CN(C)c1ccccc1C(=O)NC(=N)N.Cl. The predicted molar refractivity (Wildman–Crippen MR) is 67.4 cm³/mol. The molecule has 4 N–H and O–H groups in total. The van der Waals surface area contributed by atoms with Gasteiger partial charge in [0.05, 0.1) is 5.56 Å². The van der Waals surface area contributed by atoms with Crippen LogP contribution in [0.3, 0.4) is 0 Å². The van der Waals surface area contributed by atoms with Crippen molar-refractivity contribution in [1.82, 2.24) is 5.32 Å². The van der Waals surface area contributed by atoms with Gasteiger partial charge in [-0.25, -0.2) is 0 Å². The highest BCUT2D eigenvalue weighted by Crippen LogP contribution is 2.17. The van der Waals surface area contributed by atoms with Crippen LogP contribution in [0.15, 0.2) is 24.3 Å². The number of nitrogens with two attached hydrogens (primary N) is 1. The van der Waals surface area contributed by atoms with Crippen molar-refractivity contribution < 1.29 is 4.79 Å². The van der Waals surface area contributed by atoms with Gasteiger partial charge in [0.1, 0.15) is 0 Å². The molecule has 1 amide bonds. The van der Waals surface area contributed by atoms with E-state index < -0.39 is 0 Å². The van der Waals surface area contributed by atoms with E-state index in [1.807, 2.05) is 31.1 Å². The van der Waals surface area contributed by atoms with Crippen LogP contribution in [0.5, 0.6) is 0 Å². The van der Waals surface area contributed by atoms with Crippen molar-refractivity contribution >= 4 is 30.0 Å². The Morgan fingerprint density at radius 2 is 1.94 bits per heavy atom. The summed E-state index contributed by atoms with van der Waals surface area (Å²) >= 11 is 0. The van der Waals surface area contributed by atoms with Crippen molar-refractivity contribution in [3.8, 4) is 0 Å². The van der Waals surface area contributed by atoms with E-state index in [4.69, 9.17) is 11.1 Å². The number of anilines is 1. The number of nitrogens with zero attached hydrogens (tertiary/aromatic N) is 1. The summed E-state index contributed by atoms with van der Waals surface area (Å²) in [5, 5.41) is 9.23. The van der Waals surface area contributed by atoms with Crippen LogP contribution in [-0.2, 0) is 0 Å². The molecule has 1 aromatic carbocycles. The zero-order valence-corrected chi connectivity index (χ0v) is 9.97. The van der Waals surface area contributed by atoms with E-state index in [1.54, 1.807) is 12.1 Å². The fourth-order valence-corrected chi connectivity index (χ4v) is 1.25. The standard InChI is InChI=1S/C10H14N4O.ClH/c1-14(2)8-6-4-3-5-7(8)9(15)13-10(11)12;/h3-6H,1-2H3,(H4,11,12,13,15);1H. The number of carbonyl (C=O) groups is 1. The summed E-state index contributed by atoms with van der Waals surface area (Å²) in [6.45, 7) is 0. The Bertz CT molecular complexity index is 392. The number of nitrogens with one attached hydrogen (secondary N) is 2. The van der Waals surface area contributed by atoms with Crippen molar-refractivity contribution in [2.45, 2.75) is 0 Å². The zero-order valence-electron chi connectivity index (χ0n) is 9.15. The molecule has 1 rings (SSSR count). The van der Waals surface area contributed by atoms with Gasteiger partial charge in [-0.2, -0.15) is 0 Å². The van der Waals surface area contributed by atoms with Crippen LogP contribution in [0.25, 0.3) is 0 Å². The summed E-state index contributed by atoms with van der Waals surface area (Å²) in [7, 11) is 3.69. The van der Waals surface area contributed by atoms with Crippen LogP contribution in [0.1, 0.15) is 10.4 Å². The Balaban J connectivity index is 0.00000225. The second kappa shape index (κ2) is 5.97. The maximum Gasteiger partial charge on any atom is 0.260 e. The molecule has 88 valence electrons. The number of guanidine groups is 1. The second-order valence-electron chi connectivity index (χ2n) is 3.28. The number of halogens is 1. The molecule has 0 radical (unpaired) electrons. The summed E-state index contributed by atoms with van der Waals surface area (Å²) < 4.78 is 0. The van der Waals surface area contributed by atoms with Crippen LogP contribution in [0.2, 0.25) is 0 Å². The van der Waals surface area contributed by atoms with Gasteiger partial charge < -0.3 is 10.6 Å². The summed E-state index contributed by atoms with van der Waals surface area (Å²) in [4.78, 5) is 13.5. The predicted octanol–water partition coefficient (Wildman–Crippen LogP) is 0.798. The number of hydrogen-bond acceptors (Lipinski definition) is 3. The highest BCUT2D eigenvalue weighted by Gasteiger charge is 2.11. The van der Waals surface area contributed by atoms with Gasteiger partial charge in [-0.1, -0.05) is 12.1 Å². The Hall–Kier alpha value is -1.75. The molecule has 0 saturated heterocycles. The molecular weight excluding hydrogens is 228 g/mol. The van der Waals surface area contributed by atoms with Crippen molar-refractivity contribution in [3.05, 3.63) is 29.8 Å². The zero-order chi connectivity index (χ0) is 11.4. The van der Waals surface area contributed by atoms with E-state index in [0.29, 0.717) is 5.56 Å². The van der Waals surface area contributed by atoms with Gasteiger partial charge in [0.25, 0.3) is 5.91 Å². The van der Waals surface area contributed by atoms with E-state index in [0.717, 1.165) is 5.69 Å². The molecule has 0 aliphatic rings. The number of benzene rings is 1. The molecule has 5 nitrogen and oxygen atoms in total. The lowest BCUT2D eigenvalue weighted by molar-refractivity contribution is 0.0977. The quantitative estimate of drug-likeness (QED) is 0.530. The van der Waals surface area contributed by atoms with E-state index in [-0.39, 0.29) is 24.3 Å². The van der Waals surface area contributed by atoms with Crippen LogP contribution >= 0.6 is 12.4 Å². The van der Waals surface area contributed by atoms with Crippen LogP contribution in [-0.4, -0.2) is 26.0 Å². The summed E-state index contributed by atoms with van der Waals surface area (Å²) in [5.74, 6) is -0.722. The molecule has 0 aromatic heterocycles. The normalized spacial score (nSPS) is 8.88. The Morgan fingerprint density at radius 1 is 1.38 bits per heavy atom. The highest BCUT2D eigenvalue weighted by atomic mass is 35.5. The van der Waals surface area contributed by atoms with Crippen LogP contribution < -0.4 is 16.0 Å². The van der Waals surface area contributed by atoms with Crippen molar-refractivity contribution in [2.24, 2.45) is 5.73 Å². The minimum atomic E-state index is -0.369. The molecule has 0 atom stereocenters. The smallest absolute Gasteiger partial charge is 0.260 e. The molecule has 0 aliphatic carbocycles. The number of para-hydroxylation sites is 1. The molecule has 0 heterocycles. The average molecular weight is 243 g/mol. The molecule has 0 saturated carbocycles. The maximum atomic E-state index is 11.6. The van der Waals surface area contributed by atoms with Crippen molar-refractivity contribution in [3.63, 3.8) is 0 Å². The largest absolute Gasteiger partial charge is 0.377 e. The van der Waals surface area contributed by atoms with Crippen LogP contribution in [0.4, 0.5) is 5.69 Å². The van der Waals surface area contributed by atoms with Gasteiger partial charge in [-0.15, -0.1) is 12.4 Å². The number of hydrogen-bond donors (Lipinski definition) is 3. The summed E-state index contributed by atoms with van der Waals surface area (Å²) in [6.07, 6.45) is 0. The van der Waals surface area contributed by atoms with E-state index in [2.05, 4.69) is 5.32 Å². The Kier molecular flexibility index (Phi) is 5.32. The summed E-state index contributed by atoms with van der Waals surface area (Å²) in [5.41, 5.74) is 6.38. The first-order chi connectivity index (χ1) is 7.02. The lowest BCUT2D eigenvalue weighted by Crippen LogP contribution is -2.36. The number of rotatable bonds is 2. The van der Waals surface area contributed by atoms with Gasteiger partial charge in [0, 0.05) is 19.8 Å². The Morgan fingerprint density at radius 3 is 2.44 bits per heavy atom. The first kappa shape index (κ1) is 14.2. The number of amides is 1. The highest BCUT2D eigenvalue weighted by molar-refractivity contribution is 6.07. The molecule has 0 fully saturated rings. The number of carbonyl (C=O) groups excluding carboxylic acids is 1. The van der Waals surface area contributed by atoms with Gasteiger partial charge in [-0.3, -0.25) is 15.5 Å². The molecular formula is C10H15ClN4O. The first-order valence-electron chi connectivity index (χ1n) is 4.44. The van der Waals surface area contributed by atoms with Crippen molar-refractivity contribution in [2.75, 3.05) is 19.0 Å². The first-order valence-corrected chi connectivity index (χ1v) is 4.44. The minimum absolute atomic E-state index is 0. The van der Waals surface area contributed by atoms with Gasteiger partial charge in [0.15, 0.2) is 5.96 Å². The Labute approximate surface area is 101 Å². The lowest BCUT2D eigenvalue weighted by Gasteiger charge is -2.16. The van der Waals surface area contributed by atoms with Gasteiger partial charge >= 0.3 is 0 Å². The van der Waals surface area contributed by atoms with Crippen LogP contribution in [0, 0.1) is 5.41 Å². The summed E-state index contributed by atoms with van der Waals surface area (Å²) in [6, 6.07) is 7.13. The van der Waals surface area contributed by atoms with Crippen molar-refractivity contribution in [1.29, 1.82) is 5.41 Å². The molecule has 0 spiro atoms. The van der Waals surface area contributed by atoms with E-state index >= 15 is 0 Å². The molecule has 0 aliphatic heterocycles. The second-order valence-corrected chi connectivity index (χ2v) is 3.28. The fourth-order valence-electron chi connectivity index (χ4n) is 1.25. The van der Waals surface area contributed by atoms with Gasteiger partial charge in [-0.05, 0) is 12.1 Å². The van der Waals surface area contributed by atoms with E-state index in [9.17, 15) is 4.79 Å². The molecule has 16 heavy (non-hydrogen) atoms. The molecule has 0 unspecified atom stereocenters. The third kappa shape index (κ3) is 3.43. The third-order valence-electron chi connectivity index (χ3n) is 1.88. The molecule has 6 heteroatoms. The maximum absolute atomic E-state index is 11.6.